The van der Waals surface area contributed by atoms with Crippen LogP contribution in [0.15, 0.2) is 42.5 Å². The molecular weight excluding hydrogens is 558 g/mol. The maximum absolute atomic E-state index is 13.0. The molecule has 15 heteroatoms. The summed E-state index contributed by atoms with van der Waals surface area (Å²) in [5.41, 5.74) is -0.352. The van der Waals surface area contributed by atoms with Crippen LogP contribution in [0.1, 0.15) is 28.9 Å². The first-order chi connectivity index (χ1) is 18.1. The number of piperidine rings is 1. The number of rotatable bonds is 4. The maximum atomic E-state index is 13.0. The van der Waals surface area contributed by atoms with Gasteiger partial charge in [-0.1, -0.05) is 17.7 Å². The number of aliphatic hydroxyl groups excluding tert-OH is 1. The lowest BCUT2D eigenvalue weighted by atomic mass is 10.0. The van der Waals surface area contributed by atoms with Gasteiger partial charge in [-0.2, -0.15) is 26.3 Å². The third-order valence-electron chi connectivity index (χ3n) is 6.20. The van der Waals surface area contributed by atoms with Crippen LogP contribution in [-0.4, -0.2) is 82.5 Å². The Bertz CT molecular complexity index is 1140. The topological polar surface area (TPSA) is 106 Å². The Kier molecular flexibility index (Phi) is 9.67. The number of β-amino-alcohol motifs (C(OH)–C–C–N with tert-alkyl or cyclic N) is 1. The molecule has 3 N–H and O–H groups in total. The lowest BCUT2D eigenvalue weighted by Crippen LogP contribution is -2.50. The number of aliphatic hydroxyl groups is 1. The average Bonchev–Trinajstić information content (AvgIpc) is 3.24. The van der Waals surface area contributed by atoms with E-state index < -0.39 is 30.1 Å². The molecule has 39 heavy (non-hydrogen) atoms. The molecule has 0 bridgehead atoms. The fourth-order valence-corrected chi connectivity index (χ4v) is 4.35. The summed E-state index contributed by atoms with van der Waals surface area (Å²) in [6.07, 6.45) is -8.86. The molecule has 0 aliphatic carbocycles. The Morgan fingerprint density at radius 1 is 0.974 bits per heavy atom. The van der Waals surface area contributed by atoms with Crippen molar-refractivity contribution in [3.8, 4) is 0 Å². The second kappa shape index (κ2) is 12.4. The summed E-state index contributed by atoms with van der Waals surface area (Å²) in [6.45, 7) is 1.74. The van der Waals surface area contributed by atoms with Gasteiger partial charge in [-0.3, -0.25) is 4.79 Å². The minimum Gasteiger partial charge on any atom is -0.475 e. The number of nitrogens with one attached hydrogen (secondary N) is 1. The van der Waals surface area contributed by atoms with Gasteiger partial charge in [0.1, 0.15) is 11.5 Å². The number of likely N-dealkylation sites (tertiary alicyclic amines) is 1. The number of aromatic nitrogens is 1. The van der Waals surface area contributed by atoms with E-state index in [1.165, 1.54) is 12.1 Å². The number of pyridine rings is 1. The van der Waals surface area contributed by atoms with E-state index in [1.807, 2.05) is 0 Å². The number of carboxylic acids is 1. The molecule has 0 saturated carbocycles. The summed E-state index contributed by atoms with van der Waals surface area (Å²) in [6, 6.07) is 10.4. The standard InChI is InChI=1S/C22H24ClF3N4O2.C2HF3O2/c23-15-6-4-14(5-7-15)21(32)29-10-8-16(9-11-29)27-17-12-30(13-18(17)31)20-3-1-2-19(28-20)22(24,25)26;3-2(4,5)1(6)7/h1-7,16-18,27,31H,8-13H2;(H,6,7)/t17?,18-;/m1./s1. The van der Waals surface area contributed by atoms with Gasteiger partial charge in [0.05, 0.1) is 12.1 Å². The van der Waals surface area contributed by atoms with Crippen molar-refractivity contribution in [3.63, 3.8) is 0 Å². The smallest absolute Gasteiger partial charge is 0.475 e. The number of hydrogen-bond donors (Lipinski definition) is 3. The number of anilines is 1. The van der Waals surface area contributed by atoms with Crippen LogP contribution in [0, 0.1) is 0 Å². The largest absolute Gasteiger partial charge is 0.490 e. The maximum Gasteiger partial charge on any atom is 0.490 e. The minimum atomic E-state index is -5.08. The Labute approximate surface area is 224 Å². The Morgan fingerprint density at radius 3 is 2.10 bits per heavy atom. The van der Waals surface area contributed by atoms with Crippen molar-refractivity contribution in [1.82, 2.24) is 15.2 Å². The molecule has 0 radical (unpaired) electrons. The van der Waals surface area contributed by atoms with Crippen molar-refractivity contribution >= 4 is 29.3 Å². The molecule has 2 saturated heterocycles. The van der Waals surface area contributed by atoms with Crippen molar-refractivity contribution in [3.05, 3.63) is 58.7 Å². The fraction of sp³-hybridized carbons (Fsp3) is 0.458. The zero-order chi connectivity index (χ0) is 29.0. The first-order valence-corrected chi connectivity index (χ1v) is 12.1. The molecule has 3 heterocycles. The highest BCUT2D eigenvalue weighted by Crippen LogP contribution is 2.30. The van der Waals surface area contributed by atoms with Gasteiger partial charge < -0.3 is 25.3 Å². The van der Waals surface area contributed by atoms with Crippen LogP contribution in [0.4, 0.5) is 32.2 Å². The summed E-state index contributed by atoms with van der Waals surface area (Å²) in [4.78, 5) is 28.7. The van der Waals surface area contributed by atoms with Crippen LogP contribution >= 0.6 is 11.6 Å². The van der Waals surface area contributed by atoms with Crippen molar-refractivity contribution in [2.24, 2.45) is 0 Å². The molecule has 1 aromatic carbocycles. The lowest BCUT2D eigenvalue weighted by molar-refractivity contribution is -0.192. The Balaban J connectivity index is 0.000000532. The number of carbonyl (C=O) groups excluding carboxylic acids is 1. The van der Waals surface area contributed by atoms with E-state index in [0.29, 0.717) is 30.2 Å². The minimum absolute atomic E-state index is 0.0391. The molecule has 4 rings (SSSR count). The third kappa shape index (κ3) is 8.44. The van der Waals surface area contributed by atoms with E-state index in [-0.39, 0.29) is 30.4 Å². The lowest BCUT2D eigenvalue weighted by Gasteiger charge is -2.34. The Hall–Kier alpha value is -3.10. The first kappa shape index (κ1) is 30.4. The average molecular weight is 583 g/mol. The van der Waals surface area contributed by atoms with Crippen molar-refractivity contribution in [1.29, 1.82) is 0 Å². The zero-order valence-corrected chi connectivity index (χ0v) is 21.0. The van der Waals surface area contributed by atoms with Gasteiger partial charge in [0, 0.05) is 42.8 Å². The summed E-state index contributed by atoms with van der Waals surface area (Å²) in [5, 5.41) is 21.6. The number of carbonyl (C=O) groups is 2. The van der Waals surface area contributed by atoms with Crippen LogP contribution in [0.5, 0.6) is 0 Å². The summed E-state index contributed by atoms with van der Waals surface area (Å²) < 4.78 is 70.6. The van der Waals surface area contributed by atoms with Crippen LogP contribution in [-0.2, 0) is 11.0 Å². The quantitative estimate of drug-likeness (QED) is 0.471. The zero-order valence-electron chi connectivity index (χ0n) is 20.2. The number of benzene rings is 1. The van der Waals surface area contributed by atoms with Gasteiger partial charge in [0.2, 0.25) is 0 Å². The second-order valence-electron chi connectivity index (χ2n) is 9.00. The molecule has 1 aromatic heterocycles. The highest BCUT2D eigenvalue weighted by atomic mass is 35.5. The van der Waals surface area contributed by atoms with Crippen LogP contribution in [0.25, 0.3) is 0 Å². The summed E-state index contributed by atoms with van der Waals surface area (Å²) in [7, 11) is 0. The Morgan fingerprint density at radius 2 is 1.56 bits per heavy atom. The van der Waals surface area contributed by atoms with E-state index in [0.717, 1.165) is 18.9 Å². The normalized spacial score (nSPS) is 20.4. The van der Waals surface area contributed by atoms with Crippen LogP contribution in [0.3, 0.4) is 0 Å². The second-order valence-corrected chi connectivity index (χ2v) is 9.44. The summed E-state index contributed by atoms with van der Waals surface area (Å²) in [5.74, 6) is -2.60. The number of amides is 1. The van der Waals surface area contributed by atoms with Gasteiger partial charge >= 0.3 is 18.3 Å². The number of alkyl halides is 6. The molecule has 2 fully saturated rings. The van der Waals surface area contributed by atoms with E-state index >= 15 is 0 Å². The third-order valence-corrected chi connectivity index (χ3v) is 6.46. The molecule has 2 aliphatic rings. The number of halogens is 7. The van der Waals surface area contributed by atoms with Crippen LogP contribution < -0.4 is 10.2 Å². The van der Waals surface area contributed by atoms with E-state index in [4.69, 9.17) is 21.5 Å². The van der Waals surface area contributed by atoms with Gasteiger partial charge in [-0.05, 0) is 49.2 Å². The molecule has 2 atom stereocenters. The van der Waals surface area contributed by atoms with Gasteiger partial charge in [-0.25, -0.2) is 9.78 Å². The molecule has 2 aromatic rings. The number of carboxylic acid groups (broad SMARTS) is 1. The van der Waals surface area contributed by atoms with E-state index in [1.54, 1.807) is 34.1 Å². The predicted octanol–water partition coefficient (Wildman–Crippen LogP) is 3.83. The van der Waals surface area contributed by atoms with E-state index in [2.05, 4.69) is 10.3 Å². The highest BCUT2D eigenvalue weighted by Gasteiger charge is 2.38. The first-order valence-electron chi connectivity index (χ1n) is 11.7. The van der Waals surface area contributed by atoms with Gasteiger partial charge in [0.25, 0.3) is 5.91 Å². The molecule has 2 aliphatic heterocycles. The molecule has 0 spiro atoms. The highest BCUT2D eigenvalue weighted by molar-refractivity contribution is 6.30. The summed E-state index contributed by atoms with van der Waals surface area (Å²) >= 11 is 5.88. The van der Waals surface area contributed by atoms with Crippen molar-refractivity contribution < 1.29 is 46.1 Å². The van der Waals surface area contributed by atoms with E-state index in [9.17, 15) is 36.2 Å². The predicted molar refractivity (Wildman–Crippen MR) is 128 cm³/mol. The molecular formula is C24H25ClF6N4O4. The monoisotopic (exact) mass is 582 g/mol. The van der Waals surface area contributed by atoms with Gasteiger partial charge in [0.15, 0.2) is 0 Å². The SMILES string of the molecule is O=C(O)C(F)(F)F.O=C(c1ccc(Cl)cc1)N1CCC(NC2CN(c3cccc(C(F)(F)F)n3)C[C@H]2O)CC1. The number of aliphatic carboxylic acids is 1. The number of hydrogen-bond acceptors (Lipinski definition) is 6. The molecule has 214 valence electrons. The van der Waals surface area contributed by atoms with Gasteiger partial charge in [-0.15, -0.1) is 0 Å². The molecule has 1 unspecified atom stereocenters. The fourth-order valence-electron chi connectivity index (χ4n) is 4.22. The molecule has 1 amide bonds. The number of nitrogens with zero attached hydrogens (tertiary/aromatic N) is 3. The molecule has 8 nitrogen and oxygen atoms in total. The van der Waals surface area contributed by atoms with Crippen molar-refractivity contribution in [2.45, 2.75) is 43.4 Å². The van der Waals surface area contributed by atoms with Crippen molar-refractivity contribution in [2.75, 3.05) is 31.1 Å². The van der Waals surface area contributed by atoms with Crippen LogP contribution in [0.2, 0.25) is 5.02 Å².